The standard InChI is InChI=1S/C7H7O.2C2H3O.Ag.3FH/c1-8-7-5-3-2-4-6-7;2*1-2-3;;;;/h3-6H,1H3;2*1H3;;3*1H/q;;;+3;;;/p-3. The number of hydrogen-bond acceptors (Lipinski definition) is 3. The summed E-state index contributed by atoms with van der Waals surface area (Å²) in [5, 5.41) is 0. The van der Waals surface area contributed by atoms with E-state index in [4.69, 9.17) is 4.74 Å². The van der Waals surface area contributed by atoms with Crippen molar-refractivity contribution in [2.75, 3.05) is 7.11 Å². The fraction of sp³-hybridized carbons (Fsp3) is 0.273. The Labute approximate surface area is 102 Å². The normalized spacial score (nSPS) is 15.4. The van der Waals surface area contributed by atoms with Gasteiger partial charge in [-0.1, -0.05) is 0 Å². The molecule has 7 heteroatoms. The Morgan fingerprint density at radius 3 is 1.67 bits per heavy atom. The molecule has 0 spiro atoms. The first-order valence-corrected chi connectivity index (χ1v) is 8.54. The van der Waals surface area contributed by atoms with E-state index < -0.39 is 27.9 Å². The van der Waals surface area contributed by atoms with E-state index in [1.165, 1.54) is 7.11 Å². The van der Waals surface area contributed by atoms with E-state index >= 15 is 0 Å². The third kappa shape index (κ3) is 1.72. The molecular formula is C11H13AgF3O3. The first-order chi connectivity index (χ1) is 7.99. The number of carbonyl (C=O) groups is 2. The molecule has 0 saturated heterocycles. The van der Waals surface area contributed by atoms with Crippen LogP contribution in [0.2, 0.25) is 0 Å². The van der Waals surface area contributed by atoms with Crippen molar-refractivity contribution in [1.29, 1.82) is 0 Å². The van der Waals surface area contributed by atoms with Crippen molar-refractivity contribution in [1.82, 2.24) is 0 Å². The van der Waals surface area contributed by atoms with Crippen LogP contribution in [0.25, 0.3) is 0 Å². The summed E-state index contributed by atoms with van der Waals surface area (Å²) in [6.45, 7) is 0.798. The number of rotatable bonds is 4. The first-order valence-electron chi connectivity index (χ1n) is 4.64. The molecule has 1 rings (SSSR count). The molecule has 0 aliphatic rings. The van der Waals surface area contributed by atoms with Gasteiger partial charge in [-0.15, -0.1) is 0 Å². The second-order valence-corrected chi connectivity index (χ2v) is 10.5. The van der Waals surface area contributed by atoms with Gasteiger partial charge < -0.3 is 0 Å². The fourth-order valence-electron chi connectivity index (χ4n) is 1.17. The number of methoxy groups -OCH3 is 1. The molecule has 0 aliphatic heterocycles. The van der Waals surface area contributed by atoms with Crippen LogP contribution in [-0.4, -0.2) is 15.1 Å². The molecule has 0 N–H and O–H groups in total. The molecule has 0 amide bonds. The van der Waals surface area contributed by atoms with Crippen LogP contribution in [0.4, 0.5) is 9.07 Å². The molecule has 0 radical (unpaired) electrons. The maximum atomic E-state index is 14.5. The number of halogens is 3. The van der Waals surface area contributed by atoms with Crippen LogP contribution >= 0.6 is 0 Å². The van der Waals surface area contributed by atoms with Crippen molar-refractivity contribution in [3.63, 3.8) is 0 Å². The molecule has 0 aliphatic carbocycles. The number of ether oxygens (including phenoxy) is 1. The van der Waals surface area contributed by atoms with Gasteiger partial charge in [0, 0.05) is 0 Å². The zero-order valence-electron chi connectivity index (χ0n) is 9.97. The van der Waals surface area contributed by atoms with E-state index in [1.54, 1.807) is 0 Å². The predicted octanol–water partition coefficient (Wildman–Crippen LogP) is 2.29. The molecule has 1 aromatic rings. The van der Waals surface area contributed by atoms with Gasteiger partial charge in [-0.2, -0.15) is 0 Å². The van der Waals surface area contributed by atoms with Crippen LogP contribution in [-0.2, 0) is 25.7 Å². The molecular weight excluding hydrogens is 345 g/mol. The number of benzene rings is 1. The van der Waals surface area contributed by atoms with Gasteiger partial charge in [-0.25, -0.2) is 0 Å². The zero-order valence-corrected chi connectivity index (χ0v) is 11.5. The number of hydrogen-bond donors (Lipinski definition) is 0. The van der Waals surface area contributed by atoms with E-state index in [0.717, 1.165) is 12.1 Å². The number of carbonyl (C=O) groups excluding carboxylic acids is 2. The second kappa shape index (κ2) is 3.69. The third-order valence-corrected chi connectivity index (χ3v) is 9.08. The van der Waals surface area contributed by atoms with Crippen LogP contribution in [0.5, 0.6) is 5.75 Å². The molecule has 18 heavy (non-hydrogen) atoms. The Morgan fingerprint density at radius 2 is 1.39 bits per heavy atom. The van der Waals surface area contributed by atoms with Gasteiger partial charge >= 0.3 is 102 Å². The Balaban J connectivity index is 3.67. The summed E-state index contributed by atoms with van der Waals surface area (Å²) < 4.78 is 42.9. The Bertz CT molecular complexity index is 508. The molecule has 0 saturated carbocycles. The molecule has 0 aromatic heterocycles. The van der Waals surface area contributed by atoms with Crippen LogP contribution in [0.1, 0.15) is 13.8 Å². The van der Waals surface area contributed by atoms with Crippen LogP contribution in [0.15, 0.2) is 24.3 Å². The third-order valence-electron chi connectivity index (χ3n) is 2.30. The van der Waals surface area contributed by atoms with Gasteiger partial charge in [0.1, 0.15) is 0 Å². The van der Waals surface area contributed by atoms with Gasteiger partial charge in [0.25, 0.3) is 0 Å². The zero-order chi connectivity index (χ0) is 14.3. The Hall–Kier alpha value is -1.11. The van der Waals surface area contributed by atoms with E-state index in [9.17, 15) is 18.7 Å². The van der Waals surface area contributed by atoms with Crippen molar-refractivity contribution >= 4 is 11.8 Å². The fourth-order valence-corrected chi connectivity index (χ4v) is 4.41. The van der Waals surface area contributed by atoms with Gasteiger partial charge in [0.05, 0.1) is 0 Å². The minimum atomic E-state index is -8.59. The van der Waals surface area contributed by atoms with Crippen LogP contribution in [0, 0.1) is 0 Å². The van der Waals surface area contributed by atoms with Crippen LogP contribution in [0.3, 0.4) is 0 Å². The Kier molecular flexibility index (Phi) is 3.07. The predicted molar refractivity (Wildman–Crippen MR) is 57.3 cm³/mol. The summed E-state index contributed by atoms with van der Waals surface area (Å²) in [6, 6.07) is 3.59. The maximum absolute atomic E-state index is 14.5. The molecule has 0 atom stereocenters. The van der Waals surface area contributed by atoms with Crippen molar-refractivity contribution in [2.45, 2.75) is 13.8 Å². The molecule has 1 aromatic carbocycles. The molecule has 3 nitrogen and oxygen atoms in total. The minimum absolute atomic E-state index is 0.220. The van der Waals surface area contributed by atoms with E-state index in [0.29, 0.717) is 26.0 Å². The summed E-state index contributed by atoms with van der Waals surface area (Å²) >= 11 is -8.59. The Morgan fingerprint density at radius 1 is 1.00 bits per heavy atom. The molecule has 0 unspecified atom stereocenters. The monoisotopic (exact) mass is 357 g/mol. The van der Waals surface area contributed by atoms with Gasteiger partial charge in [-0.05, 0) is 0 Å². The van der Waals surface area contributed by atoms with Crippen molar-refractivity contribution in [3.8, 4) is 5.75 Å². The molecule has 0 fully saturated rings. The summed E-state index contributed by atoms with van der Waals surface area (Å²) in [5.74, 6) is 0.220. The molecule has 107 valence electrons. The molecule has 0 bridgehead atoms. The average Bonchev–Trinajstić information content (AvgIpc) is 2.29. The topological polar surface area (TPSA) is 43.4 Å². The van der Waals surface area contributed by atoms with E-state index in [-0.39, 0.29) is 5.75 Å². The average molecular weight is 358 g/mol. The SMILES string of the molecule is COc1cc[c]([Ag]([F])([F])([F])([C](C)=O)[C](C)=O)cc1. The van der Waals surface area contributed by atoms with Gasteiger partial charge in [-0.3, -0.25) is 0 Å². The quantitative estimate of drug-likeness (QED) is 0.776. The van der Waals surface area contributed by atoms with Gasteiger partial charge in [0.15, 0.2) is 0 Å². The summed E-state index contributed by atoms with van der Waals surface area (Å²) in [6.07, 6.45) is 0. The van der Waals surface area contributed by atoms with E-state index in [1.807, 2.05) is 0 Å². The first kappa shape index (κ1) is 14.9. The molecule has 0 heterocycles. The summed E-state index contributed by atoms with van der Waals surface area (Å²) in [5.41, 5.74) is 0. The van der Waals surface area contributed by atoms with Crippen LogP contribution < -0.4 is 8.52 Å². The second-order valence-electron chi connectivity index (χ2n) is 3.31. The van der Waals surface area contributed by atoms with E-state index in [2.05, 4.69) is 0 Å². The van der Waals surface area contributed by atoms with Gasteiger partial charge in [0.2, 0.25) is 0 Å². The summed E-state index contributed by atoms with van der Waals surface area (Å²) in [4.78, 5) is 22.4. The van der Waals surface area contributed by atoms with Crippen molar-refractivity contribution < 1.29 is 39.5 Å². The van der Waals surface area contributed by atoms with Crippen molar-refractivity contribution in [2.24, 2.45) is 0 Å². The summed E-state index contributed by atoms with van der Waals surface area (Å²) in [7, 11) is 1.31. The van der Waals surface area contributed by atoms with Crippen molar-refractivity contribution in [3.05, 3.63) is 24.3 Å².